The molecule has 3 heterocycles. The highest BCUT2D eigenvalue weighted by molar-refractivity contribution is 6.01. The lowest BCUT2D eigenvalue weighted by molar-refractivity contribution is -0.0852. The van der Waals surface area contributed by atoms with E-state index < -0.39 is 35.7 Å². The Hall–Kier alpha value is -3.93. The molecule has 2 fully saturated rings. The fraction of sp³-hybridized carbons (Fsp3) is 0.483. The van der Waals surface area contributed by atoms with Crippen LogP contribution < -0.4 is 14.8 Å². The number of imidazole rings is 1. The van der Waals surface area contributed by atoms with Gasteiger partial charge in [-0.1, -0.05) is 6.92 Å². The topological polar surface area (TPSA) is 115 Å². The van der Waals surface area contributed by atoms with Crippen LogP contribution in [0.4, 0.5) is 13.6 Å². The van der Waals surface area contributed by atoms with Crippen LogP contribution in [0.3, 0.4) is 0 Å². The molecular formula is C29H34F2N4O6. The molecule has 1 aliphatic carbocycles. The average molecular weight is 573 g/mol. The van der Waals surface area contributed by atoms with Crippen molar-refractivity contribution in [3.8, 4) is 22.8 Å². The maximum absolute atomic E-state index is 13.3. The van der Waals surface area contributed by atoms with Gasteiger partial charge in [-0.2, -0.15) is 8.78 Å². The minimum absolute atomic E-state index is 0.0113. The van der Waals surface area contributed by atoms with E-state index in [1.54, 1.807) is 60.7 Å². The molecule has 2 aromatic heterocycles. The highest BCUT2D eigenvalue weighted by atomic mass is 19.3. The lowest BCUT2D eigenvalue weighted by Gasteiger charge is -2.50. The molecule has 220 valence electrons. The van der Waals surface area contributed by atoms with Crippen molar-refractivity contribution in [2.24, 2.45) is 5.41 Å². The SMILES string of the molecule is COc1cc(-c2cnc3cc(C(O)C4(C)CN(C(=O)OC(C)(C)C)C4)ccn23)cc(OC(F)F)c1C(=O)NC1CC1. The van der Waals surface area contributed by atoms with Gasteiger partial charge in [-0.05, 0) is 63.4 Å². The third kappa shape index (κ3) is 5.92. The lowest BCUT2D eigenvalue weighted by Crippen LogP contribution is -2.60. The summed E-state index contributed by atoms with van der Waals surface area (Å²) in [5, 5.41) is 14.0. The Labute approximate surface area is 236 Å². The summed E-state index contributed by atoms with van der Waals surface area (Å²) >= 11 is 0. The number of aliphatic hydroxyl groups is 1. The van der Waals surface area contributed by atoms with Gasteiger partial charge in [-0.3, -0.25) is 9.20 Å². The van der Waals surface area contributed by atoms with Crippen LogP contribution in [0, 0.1) is 5.41 Å². The number of methoxy groups -OCH3 is 1. The molecule has 2 amide bonds. The number of pyridine rings is 1. The molecule has 1 saturated carbocycles. The minimum atomic E-state index is -3.15. The van der Waals surface area contributed by atoms with Gasteiger partial charge in [0, 0.05) is 36.3 Å². The predicted octanol–water partition coefficient (Wildman–Crippen LogP) is 4.79. The van der Waals surface area contributed by atoms with Crippen molar-refractivity contribution in [2.75, 3.05) is 20.2 Å². The van der Waals surface area contributed by atoms with Gasteiger partial charge >= 0.3 is 12.7 Å². The van der Waals surface area contributed by atoms with Crippen molar-refractivity contribution >= 4 is 17.6 Å². The molecule has 1 saturated heterocycles. The second kappa shape index (κ2) is 10.5. The Morgan fingerprint density at radius 1 is 1.17 bits per heavy atom. The van der Waals surface area contributed by atoms with Crippen LogP contribution in [0.25, 0.3) is 16.9 Å². The molecule has 1 atom stereocenters. The average Bonchev–Trinajstić information content (AvgIpc) is 3.58. The van der Waals surface area contributed by atoms with Crippen molar-refractivity contribution < 1.29 is 37.7 Å². The molecule has 0 radical (unpaired) electrons. The summed E-state index contributed by atoms with van der Waals surface area (Å²) in [5.41, 5.74) is 0.832. The fourth-order valence-electron chi connectivity index (χ4n) is 5.03. The van der Waals surface area contributed by atoms with Gasteiger partial charge in [-0.25, -0.2) is 9.78 Å². The number of benzene rings is 1. The molecule has 0 bridgehead atoms. The molecule has 41 heavy (non-hydrogen) atoms. The van der Waals surface area contributed by atoms with Gasteiger partial charge in [0.25, 0.3) is 5.91 Å². The quantitative estimate of drug-likeness (QED) is 0.399. The number of fused-ring (bicyclic) bond motifs is 1. The van der Waals surface area contributed by atoms with Crippen LogP contribution in [0.2, 0.25) is 0 Å². The van der Waals surface area contributed by atoms with Crippen molar-refractivity contribution in [1.82, 2.24) is 19.6 Å². The monoisotopic (exact) mass is 572 g/mol. The van der Waals surface area contributed by atoms with Crippen LogP contribution in [-0.4, -0.2) is 69.8 Å². The third-order valence-corrected chi connectivity index (χ3v) is 7.21. The molecule has 1 aliphatic heterocycles. The Bertz CT molecular complexity index is 1470. The third-order valence-electron chi connectivity index (χ3n) is 7.21. The van der Waals surface area contributed by atoms with Gasteiger partial charge < -0.3 is 29.5 Å². The Kier molecular flexibility index (Phi) is 7.31. The molecule has 12 heteroatoms. The van der Waals surface area contributed by atoms with Gasteiger partial charge in [-0.15, -0.1) is 0 Å². The summed E-state index contributed by atoms with van der Waals surface area (Å²) in [7, 11) is 1.35. The Morgan fingerprint density at radius 2 is 1.85 bits per heavy atom. The lowest BCUT2D eigenvalue weighted by atomic mass is 9.74. The second-order valence-electron chi connectivity index (χ2n) is 11.9. The number of rotatable bonds is 8. The summed E-state index contributed by atoms with van der Waals surface area (Å²) in [6.45, 7) is 4.83. The van der Waals surface area contributed by atoms with Crippen LogP contribution in [0.1, 0.15) is 62.6 Å². The van der Waals surface area contributed by atoms with E-state index in [1.807, 2.05) is 6.92 Å². The number of nitrogens with one attached hydrogen (secondary N) is 1. The molecule has 10 nitrogen and oxygen atoms in total. The van der Waals surface area contributed by atoms with Crippen LogP contribution >= 0.6 is 0 Å². The summed E-state index contributed by atoms with van der Waals surface area (Å²) in [4.78, 5) is 31.2. The number of amides is 2. The minimum Gasteiger partial charge on any atom is -0.496 e. The van der Waals surface area contributed by atoms with Gasteiger partial charge in [0.1, 0.15) is 28.3 Å². The zero-order chi connectivity index (χ0) is 29.7. The molecular weight excluding hydrogens is 538 g/mol. The zero-order valence-corrected chi connectivity index (χ0v) is 23.6. The number of likely N-dealkylation sites (tertiary alicyclic amines) is 1. The van der Waals surface area contributed by atoms with E-state index in [-0.39, 0.29) is 23.1 Å². The summed E-state index contributed by atoms with van der Waals surface area (Å²) in [6, 6.07) is 6.43. The smallest absolute Gasteiger partial charge is 0.410 e. The number of hydrogen-bond donors (Lipinski definition) is 2. The standard InChI is InChI=1S/C29H34F2N4O6/c1-28(2,3)41-27(38)34-14-29(4,15-34)24(36)16-8-9-35-19(13-32-22(35)12-16)17-10-20(39-5)23(21(11-17)40-26(30)31)25(37)33-18-6-7-18/h8-13,18,24,26,36H,6-7,14-15H2,1-5H3,(H,33,37). The van der Waals surface area contributed by atoms with E-state index in [1.165, 1.54) is 13.2 Å². The molecule has 1 unspecified atom stereocenters. The first kappa shape index (κ1) is 28.6. The van der Waals surface area contributed by atoms with E-state index in [2.05, 4.69) is 10.3 Å². The van der Waals surface area contributed by atoms with Gasteiger partial charge in [0.05, 0.1) is 25.1 Å². The first-order chi connectivity index (χ1) is 19.3. The second-order valence-corrected chi connectivity index (χ2v) is 11.9. The fourth-order valence-corrected chi connectivity index (χ4v) is 5.03. The first-order valence-electron chi connectivity index (χ1n) is 13.4. The number of hydrogen-bond acceptors (Lipinski definition) is 7. The normalized spacial score (nSPS) is 17.2. The first-order valence-corrected chi connectivity index (χ1v) is 13.4. The van der Waals surface area contributed by atoms with E-state index >= 15 is 0 Å². The van der Waals surface area contributed by atoms with Crippen molar-refractivity contribution in [3.05, 3.63) is 47.8 Å². The summed E-state index contributed by atoms with van der Waals surface area (Å²) < 4.78 is 44.0. The Morgan fingerprint density at radius 3 is 2.46 bits per heavy atom. The predicted molar refractivity (Wildman–Crippen MR) is 145 cm³/mol. The van der Waals surface area contributed by atoms with Crippen molar-refractivity contribution in [3.63, 3.8) is 0 Å². The highest BCUT2D eigenvalue weighted by Gasteiger charge is 2.48. The number of halogens is 2. The number of nitrogens with zero attached hydrogens (tertiary/aromatic N) is 3. The van der Waals surface area contributed by atoms with Crippen molar-refractivity contribution in [2.45, 2.75) is 64.9 Å². The van der Waals surface area contributed by atoms with Gasteiger partial charge in [0.15, 0.2) is 0 Å². The van der Waals surface area contributed by atoms with Crippen molar-refractivity contribution in [1.29, 1.82) is 0 Å². The van der Waals surface area contributed by atoms with Gasteiger partial charge in [0.2, 0.25) is 0 Å². The van der Waals surface area contributed by atoms with E-state index in [0.717, 1.165) is 12.8 Å². The van der Waals surface area contributed by atoms with Crippen LogP contribution in [-0.2, 0) is 4.74 Å². The van der Waals surface area contributed by atoms with E-state index in [4.69, 9.17) is 14.2 Å². The zero-order valence-electron chi connectivity index (χ0n) is 23.6. The largest absolute Gasteiger partial charge is 0.496 e. The van der Waals surface area contributed by atoms with E-state index in [9.17, 15) is 23.5 Å². The Balaban J connectivity index is 1.41. The number of ether oxygens (including phenoxy) is 3. The number of aromatic nitrogens is 2. The molecule has 1 aromatic carbocycles. The molecule has 2 aliphatic rings. The maximum Gasteiger partial charge on any atom is 0.410 e. The summed E-state index contributed by atoms with van der Waals surface area (Å²) in [5.74, 6) is -0.759. The molecule has 0 spiro atoms. The number of carbonyl (C=O) groups excluding carboxylic acids is 2. The molecule has 2 N–H and O–H groups in total. The molecule has 3 aromatic rings. The summed E-state index contributed by atoms with van der Waals surface area (Å²) in [6.07, 6.45) is 3.65. The number of carbonyl (C=O) groups is 2. The van der Waals surface area contributed by atoms with Crippen LogP contribution in [0.5, 0.6) is 11.5 Å². The number of alkyl halides is 2. The van der Waals surface area contributed by atoms with E-state index in [0.29, 0.717) is 35.6 Å². The highest BCUT2D eigenvalue weighted by Crippen LogP contribution is 2.43. The van der Waals surface area contributed by atoms with Crippen LogP contribution in [0.15, 0.2) is 36.7 Å². The maximum atomic E-state index is 13.3. The molecule has 5 rings (SSSR count). The number of aliphatic hydroxyl groups excluding tert-OH is 1.